The highest BCUT2D eigenvalue weighted by Crippen LogP contribution is 2.33. The fraction of sp³-hybridized carbons (Fsp3) is 0.304. The largest absolute Gasteiger partial charge is 0.334 e. The molecule has 0 saturated carbocycles. The molecule has 6 nitrogen and oxygen atoms in total. The lowest BCUT2D eigenvalue weighted by molar-refractivity contribution is 0.203. The first kappa shape index (κ1) is 17.9. The molecule has 0 amide bonds. The smallest absolute Gasteiger partial charge is 0.115 e. The van der Waals surface area contributed by atoms with Gasteiger partial charge in [0.15, 0.2) is 0 Å². The zero-order valence-electron chi connectivity index (χ0n) is 16.6. The van der Waals surface area contributed by atoms with E-state index < -0.39 is 0 Å². The first-order chi connectivity index (χ1) is 14.3. The average molecular weight is 384 g/mol. The standard InChI is InChI=1S/C23H24N6/c1-28-16-26-23-21(28)12-20(27-22(23)19-5-3-9-25-14-19)18-6-10-29(11-7-18)15-17-4-2-8-24-13-17/h2-5,8-9,12-14,16,18H,6-7,10-11,15H2,1H3. The van der Waals surface area contributed by atoms with Gasteiger partial charge in [0.2, 0.25) is 0 Å². The summed E-state index contributed by atoms with van der Waals surface area (Å²) in [5, 5.41) is 0. The molecule has 0 spiro atoms. The number of hydrogen-bond acceptors (Lipinski definition) is 5. The molecule has 0 aromatic carbocycles. The minimum Gasteiger partial charge on any atom is -0.334 e. The second-order valence-electron chi connectivity index (χ2n) is 7.77. The first-order valence-electron chi connectivity index (χ1n) is 10.1. The topological polar surface area (TPSA) is 59.7 Å². The lowest BCUT2D eigenvalue weighted by atomic mass is 9.92. The molecule has 0 radical (unpaired) electrons. The first-order valence-corrected chi connectivity index (χ1v) is 10.1. The molecule has 0 N–H and O–H groups in total. The van der Waals surface area contributed by atoms with E-state index in [1.165, 1.54) is 11.3 Å². The molecular weight excluding hydrogens is 360 g/mol. The van der Waals surface area contributed by atoms with E-state index in [0.717, 1.165) is 54.8 Å². The van der Waals surface area contributed by atoms with Crippen molar-refractivity contribution in [1.29, 1.82) is 0 Å². The van der Waals surface area contributed by atoms with Crippen molar-refractivity contribution in [2.75, 3.05) is 13.1 Å². The van der Waals surface area contributed by atoms with Crippen LogP contribution in [0.4, 0.5) is 0 Å². The van der Waals surface area contributed by atoms with E-state index in [0.29, 0.717) is 5.92 Å². The Morgan fingerprint density at radius 2 is 1.83 bits per heavy atom. The minimum absolute atomic E-state index is 0.467. The summed E-state index contributed by atoms with van der Waals surface area (Å²) >= 11 is 0. The van der Waals surface area contributed by atoms with Crippen LogP contribution in [0.1, 0.15) is 30.0 Å². The maximum atomic E-state index is 5.07. The van der Waals surface area contributed by atoms with Crippen molar-refractivity contribution in [2.45, 2.75) is 25.3 Å². The van der Waals surface area contributed by atoms with Crippen molar-refractivity contribution in [3.63, 3.8) is 0 Å². The summed E-state index contributed by atoms with van der Waals surface area (Å²) in [6.45, 7) is 3.12. The Morgan fingerprint density at radius 3 is 2.55 bits per heavy atom. The summed E-state index contributed by atoms with van der Waals surface area (Å²) in [4.78, 5) is 20.7. The van der Waals surface area contributed by atoms with E-state index in [-0.39, 0.29) is 0 Å². The molecule has 1 saturated heterocycles. The van der Waals surface area contributed by atoms with Gasteiger partial charge < -0.3 is 4.57 Å². The zero-order chi connectivity index (χ0) is 19.6. The van der Waals surface area contributed by atoms with Gasteiger partial charge in [-0.25, -0.2) is 4.98 Å². The second-order valence-corrected chi connectivity index (χ2v) is 7.77. The van der Waals surface area contributed by atoms with Crippen molar-refractivity contribution in [1.82, 2.24) is 29.4 Å². The molecule has 0 atom stereocenters. The summed E-state index contributed by atoms with van der Waals surface area (Å²) < 4.78 is 2.08. The summed E-state index contributed by atoms with van der Waals surface area (Å²) in [5.74, 6) is 0.467. The molecule has 0 aliphatic carbocycles. The molecule has 6 heteroatoms. The van der Waals surface area contributed by atoms with Crippen LogP contribution in [0.2, 0.25) is 0 Å². The van der Waals surface area contributed by atoms with Crippen LogP contribution < -0.4 is 0 Å². The number of piperidine rings is 1. The Bertz CT molecular complexity index is 1100. The number of pyridine rings is 3. The summed E-state index contributed by atoms with van der Waals surface area (Å²) in [7, 11) is 2.04. The van der Waals surface area contributed by atoms with Crippen LogP contribution in [0.3, 0.4) is 0 Å². The third-order valence-electron chi connectivity index (χ3n) is 5.80. The quantitative estimate of drug-likeness (QED) is 0.536. The highest BCUT2D eigenvalue weighted by molar-refractivity contribution is 5.89. The number of imidazole rings is 1. The number of likely N-dealkylation sites (tertiary alicyclic amines) is 1. The van der Waals surface area contributed by atoms with E-state index in [4.69, 9.17) is 4.98 Å². The highest BCUT2D eigenvalue weighted by Gasteiger charge is 2.24. The van der Waals surface area contributed by atoms with Crippen LogP contribution in [0.15, 0.2) is 61.4 Å². The Balaban J connectivity index is 1.40. The fourth-order valence-electron chi connectivity index (χ4n) is 4.20. The molecular formula is C23H24N6. The molecule has 146 valence electrons. The number of nitrogens with zero attached hydrogens (tertiary/aromatic N) is 6. The van der Waals surface area contributed by atoms with Gasteiger partial charge in [0, 0.05) is 55.6 Å². The van der Waals surface area contributed by atoms with Gasteiger partial charge in [-0.1, -0.05) is 6.07 Å². The van der Waals surface area contributed by atoms with Crippen molar-refractivity contribution in [2.24, 2.45) is 7.05 Å². The Hall–Kier alpha value is -3.12. The van der Waals surface area contributed by atoms with Gasteiger partial charge in [-0.2, -0.15) is 0 Å². The van der Waals surface area contributed by atoms with E-state index in [1.54, 1.807) is 6.20 Å². The van der Waals surface area contributed by atoms with Crippen molar-refractivity contribution >= 4 is 11.0 Å². The SMILES string of the molecule is Cn1cnc2c(-c3cccnc3)nc(C3CCN(Cc4cccnc4)CC3)cc21. The third kappa shape index (κ3) is 3.63. The van der Waals surface area contributed by atoms with E-state index in [2.05, 4.69) is 42.6 Å². The molecule has 0 bridgehead atoms. The van der Waals surface area contributed by atoms with Crippen molar-refractivity contribution in [3.8, 4) is 11.3 Å². The number of rotatable bonds is 4. The lowest BCUT2D eigenvalue weighted by Crippen LogP contribution is -2.32. The maximum absolute atomic E-state index is 5.07. The Morgan fingerprint density at radius 1 is 1.03 bits per heavy atom. The number of fused-ring (bicyclic) bond motifs is 1. The van der Waals surface area contributed by atoms with Crippen LogP contribution in [0.5, 0.6) is 0 Å². The van der Waals surface area contributed by atoms with Gasteiger partial charge in [-0.3, -0.25) is 19.9 Å². The van der Waals surface area contributed by atoms with Gasteiger partial charge in [-0.05, 0) is 55.8 Å². The summed E-state index contributed by atoms with van der Waals surface area (Å²) in [6, 6.07) is 10.4. The molecule has 1 aliphatic heterocycles. The van der Waals surface area contributed by atoms with Crippen LogP contribution in [0, 0.1) is 0 Å². The highest BCUT2D eigenvalue weighted by atomic mass is 15.1. The number of hydrogen-bond donors (Lipinski definition) is 0. The molecule has 1 aliphatic rings. The second kappa shape index (κ2) is 7.72. The van der Waals surface area contributed by atoms with Crippen molar-refractivity contribution < 1.29 is 0 Å². The Labute approximate surface area is 170 Å². The molecule has 5 heterocycles. The van der Waals surface area contributed by atoms with Crippen LogP contribution in [-0.4, -0.2) is 42.5 Å². The van der Waals surface area contributed by atoms with E-state index in [1.807, 2.05) is 44.1 Å². The van der Waals surface area contributed by atoms with E-state index in [9.17, 15) is 0 Å². The van der Waals surface area contributed by atoms with Gasteiger partial charge in [0.25, 0.3) is 0 Å². The predicted octanol–water partition coefficient (Wildman–Crippen LogP) is 3.80. The van der Waals surface area contributed by atoms with Gasteiger partial charge in [0.05, 0.1) is 17.5 Å². The molecule has 4 aromatic heterocycles. The minimum atomic E-state index is 0.467. The summed E-state index contributed by atoms with van der Waals surface area (Å²) in [5.41, 5.74) is 6.47. The number of aryl methyl sites for hydroxylation is 1. The van der Waals surface area contributed by atoms with Crippen LogP contribution in [0.25, 0.3) is 22.3 Å². The zero-order valence-corrected chi connectivity index (χ0v) is 16.6. The molecule has 4 aromatic rings. The lowest BCUT2D eigenvalue weighted by Gasteiger charge is -2.31. The monoisotopic (exact) mass is 384 g/mol. The van der Waals surface area contributed by atoms with Gasteiger partial charge in [0.1, 0.15) is 5.52 Å². The van der Waals surface area contributed by atoms with Gasteiger partial charge >= 0.3 is 0 Å². The van der Waals surface area contributed by atoms with Crippen LogP contribution >= 0.6 is 0 Å². The van der Waals surface area contributed by atoms with Crippen molar-refractivity contribution in [3.05, 3.63) is 72.7 Å². The molecule has 0 unspecified atom stereocenters. The maximum Gasteiger partial charge on any atom is 0.115 e. The normalized spacial score (nSPS) is 15.8. The predicted molar refractivity (Wildman–Crippen MR) is 113 cm³/mol. The summed E-state index contributed by atoms with van der Waals surface area (Å²) in [6.07, 6.45) is 11.6. The van der Waals surface area contributed by atoms with E-state index >= 15 is 0 Å². The fourth-order valence-corrected chi connectivity index (χ4v) is 4.20. The number of aromatic nitrogens is 5. The van der Waals surface area contributed by atoms with Crippen LogP contribution in [-0.2, 0) is 13.6 Å². The van der Waals surface area contributed by atoms with Gasteiger partial charge in [-0.15, -0.1) is 0 Å². The average Bonchev–Trinajstić information content (AvgIpc) is 3.16. The molecule has 29 heavy (non-hydrogen) atoms. The molecule has 1 fully saturated rings. The Kier molecular flexibility index (Phi) is 4.77. The third-order valence-corrected chi connectivity index (χ3v) is 5.80. The molecule has 5 rings (SSSR count).